The van der Waals surface area contributed by atoms with Crippen LogP contribution in [0.2, 0.25) is 0 Å². The number of thiophene rings is 1. The van der Waals surface area contributed by atoms with Crippen LogP contribution in [0, 0.1) is 5.92 Å². The van der Waals surface area contributed by atoms with Crippen LogP contribution in [-0.2, 0) is 16.6 Å². The van der Waals surface area contributed by atoms with Crippen LogP contribution in [0.25, 0.3) is 0 Å². The van der Waals surface area contributed by atoms with E-state index in [0.29, 0.717) is 18.9 Å². The van der Waals surface area contributed by atoms with E-state index < -0.39 is 10.0 Å². The van der Waals surface area contributed by atoms with Gasteiger partial charge in [0.1, 0.15) is 0 Å². The summed E-state index contributed by atoms with van der Waals surface area (Å²) < 4.78 is 26.8. The first-order valence-corrected chi connectivity index (χ1v) is 8.37. The monoisotopic (exact) mass is 325 g/mol. The molecular weight excluding hydrogens is 310 g/mol. The third kappa shape index (κ3) is 5.43. The van der Waals surface area contributed by atoms with Gasteiger partial charge in [0, 0.05) is 11.4 Å². The Morgan fingerprint density at radius 2 is 2.12 bits per heavy atom. The molecule has 0 saturated heterocycles. The predicted octanol–water partition coefficient (Wildman–Crippen LogP) is 2.98. The summed E-state index contributed by atoms with van der Waals surface area (Å²) in [6, 6.07) is 3.84. The zero-order valence-electron chi connectivity index (χ0n) is 9.36. The van der Waals surface area contributed by atoms with E-state index in [9.17, 15) is 8.42 Å². The predicted molar refractivity (Wildman–Crippen MR) is 72.1 cm³/mol. The van der Waals surface area contributed by atoms with Crippen molar-refractivity contribution in [1.82, 2.24) is 4.72 Å². The Bertz CT molecular complexity index is 426. The van der Waals surface area contributed by atoms with Crippen LogP contribution in [0.1, 0.15) is 25.1 Å². The highest BCUT2D eigenvalue weighted by Crippen LogP contribution is 2.21. The second-order valence-electron chi connectivity index (χ2n) is 4.03. The lowest BCUT2D eigenvalue weighted by Gasteiger charge is -2.07. The van der Waals surface area contributed by atoms with Crippen LogP contribution in [0.3, 0.4) is 0 Å². The number of hydrogen-bond donors (Lipinski definition) is 1. The van der Waals surface area contributed by atoms with Crippen molar-refractivity contribution in [2.75, 3.05) is 5.75 Å². The summed E-state index contributed by atoms with van der Waals surface area (Å²) in [5.74, 6) is 0.615. The van der Waals surface area contributed by atoms with Crippen molar-refractivity contribution in [3.05, 3.63) is 20.8 Å². The lowest BCUT2D eigenvalue weighted by Crippen LogP contribution is -2.26. The Labute approximate surface area is 109 Å². The highest BCUT2D eigenvalue weighted by molar-refractivity contribution is 9.11. The topological polar surface area (TPSA) is 46.2 Å². The molecule has 0 saturated carbocycles. The minimum Gasteiger partial charge on any atom is -0.212 e. The molecule has 1 aromatic rings. The molecule has 0 radical (unpaired) electrons. The Morgan fingerprint density at radius 3 is 2.62 bits per heavy atom. The molecule has 0 spiro atoms. The molecule has 3 nitrogen and oxygen atoms in total. The zero-order valence-corrected chi connectivity index (χ0v) is 12.6. The van der Waals surface area contributed by atoms with Gasteiger partial charge in [0.25, 0.3) is 0 Å². The first-order valence-electron chi connectivity index (χ1n) is 5.10. The van der Waals surface area contributed by atoms with Gasteiger partial charge in [-0.2, -0.15) is 0 Å². The number of rotatable bonds is 6. The van der Waals surface area contributed by atoms with Gasteiger partial charge in [-0.3, -0.25) is 0 Å². The Hall–Kier alpha value is 0.0900. The summed E-state index contributed by atoms with van der Waals surface area (Å²) in [6.07, 6.45) is 0.698. The molecule has 0 atom stereocenters. The molecule has 0 bridgehead atoms. The molecule has 1 heterocycles. The molecule has 0 unspecified atom stereocenters. The first kappa shape index (κ1) is 14.2. The second kappa shape index (κ2) is 6.14. The van der Waals surface area contributed by atoms with E-state index in [2.05, 4.69) is 20.7 Å². The van der Waals surface area contributed by atoms with Gasteiger partial charge in [0.15, 0.2) is 0 Å². The van der Waals surface area contributed by atoms with Gasteiger partial charge in [-0.1, -0.05) is 13.8 Å². The summed E-state index contributed by atoms with van der Waals surface area (Å²) >= 11 is 4.89. The summed E-state index contributed by atoms with van der Waals surface area (Å²) in [7, 11) is -3.12. The maximum absolute atomic E-state index is 11.6. The largest absolute Gasteiger partial charge is 0.212 e. The van der Waals surface area contributed by atoms with Gasteiger partial charge in [-0.05, 0) is 40.4 Å². The minimum absolute atomic E-state index is 0.206. The Kier molecular flexibility index (Phi) is 5.43. The number of hydrogen-bond acceptors (Lipinski definition) is 3. The highest BCUT2D eigenvalue weighted by atomic mass is 79.9. The van der Waals surface area contributed by atoms with Crippen molar-refractivity contribution < 1.29 is 8.42 Å². The molecule has 0 aliphatic rings. The third-order valence-corrected chi connectivity index (χ3v) is 5.04. The fourth-order valence-corrected chi connectivity index (χ4v) is 3.91. The van der Waals surface area contributed by atoms with E-state index >= 15 is 0 Å². The first-order chi connectivity index (χ1) is 7.39. The van der Waals surface area contributed by atoms with Crippen LogP contribution >= 0.6 is 27.3 Å². The van der Waals surface area contributed by atoms with E-state index in [-0.39, 0.29) is 5.75 Å². The average Bonchev–Trinajstić information content (AvgIpc) is 2.59. The molecule has 16 heavy (non-hydrogen) atoms. The van der Waals surface area contributed by atoms with Gasteiger partial charge < -0.3 is 0 Å². The number of sulfonamides is 1. The molecule has 1 aromatic heterocycles. The van der Waals surface area contributed by atoms with E-state index in [0.717, 1.165) is 8.66 Å². The normalized spacial score (nSPS) is 12.2. The fraction of sp³-hybridized carbons (Fsp3) is 0.600. The van der Waals surface area contributed by atoms with Crippen molar-refractivity contribution >= 4 is 37.3 Å². The van der Waals surface area contributed by atoms with E-state index in [1.54, 1.807) is 11.3 Å². The molecule has 0 aliphatic heterocycles. The highest BCUT2D eigenvalue weighted by Gasteiger charge is 2.11. The molecule has 0 aromatic carbocycles. The van der Waals surface area contributed by atoms with E-state index in [1.807, 2.05) is 26.0 Å². The van der Waals surface area contributed by atoms with Crippen LogP contribution in [0.4, 0.5) is 0 Å². The van der Waals surface area contributed by atoms with Crippen molar-refractivity contribution in [2.24, 2.45) is 5.92 Å². The Balaban J connectivity index is 2.42. The van der Waals surface area contributed by atoms with Crippen LogP contribution in [-0.4, -0.2) is 14.2 Å². The molecule has 1 N–H and O–H groups in total. The fourth-order valence-electron chi connectivity index (χ4n) is 1.09. The van der Waals surface area contributed by atoms with Gasteiger partial charge in [0.05, 0.1) is 9.54 Å². The van der Waals surface area contributed by atoms with Crippen molar-refractivity contribution in [3.8, 4) is 0 Å². The summed E-state index contributed by atoms with van der Waals surface area (Å²) in [6.45, 7) is 4.43. The Morgan fingerprint density at radius 1 is 1.44 bits per heavy atom. The maximum atomic E-state index is 11.6. The molecule has 6 heteroatoms. The van der Waals surface area contributed by atoms with E-state index in [1.165, 1.54) is 0 Å². The van der Waals surface area contributed by atoms with Crippen molar-refractivity contribution in [2.45, 2.75) is 26.8 Å². The van der Waals surface area contributed by atoms with Crippen LogP contribution < -0.4 is 4.72 Å². The molecule has 0 amide bonds. The molecule has 1 rings (SSSR count). The van der Waals surface area contributed by atoms with Gasteiger partial charge >= 0.3 is 0 Å². The molecule has 92 valence electrons. The van der Waals surface area contributed by atoms with Gasteiger partial charge in [0.2, 0.25) is 10.0 Å². The summed E-state index contributed by atoms with van der Waals surface area (Å²) in [5, 5.41) is 0. The lowest BCUT2D eigenvalue weighted by molar-refractivity contribution is 0.562. The van der Waals surface area contributed by atoms with Gasteiger partial charge in [-0.25, -0.2) is 13.1 Å². The number of halogens is 1. The van der Waals surface area contributed by atoms with Crippen molar-refractivity contribution in [1.29, 1.82) is 0 Å². The quantitative estimate of drug-likeness (QED) is 0.873. The minimum atomic E-state index is -3.12. The molecule has 0 aliphatic carbocycles. The van der Waals surface area contributed by atoms with Crippen LogP contribution in [0.5, 0.6) is 0 Å². The summed E-state index contributed by atoms with van der Waals surface area (Å²) in [4.78, 5) is 1.01. The second-order valence-corrected chi connectivity index (χ2v) is 8.50. The van der Waals surface area contributed by atoms with Crippen molar-refractivity contribution in [3.63, 3.8) is 0 Å². The molecular formula is C10H16BrNO2S2. The lowest BCUT2D eigenvalue weighted by atomic mass is 10.2. The number of nitrogens with one attached hydrogen (secondary N) is 1. The zero-order chi connectivity index (χ0) is 12.2. The standard InChI is InChI=1S/C10H16BrNO2S2/c1-8(2)5-6-16(13,14)12-7-9-3-4-10(11)15-9/h3-4,8,12H,5-7H2,1-2H3. The van der Waals surface area contributed by atoms with E-state index in [4.69, 9.17) is 0 Å². The summed E-state index contributed by atoms with van der Waals surface area (Å²) in [5.41, 5.74) is 0. The SMILES string of the molecule is CC(C)CCS(=O)(=O)NCc1ccc(Br)s1. The smallest absolute Gasteiger partial charge is 0.211 e. The average molecular weight is 326 g/mol. The van der Waals surface area contributed by atoms with Crippen LogP contribution in [0.15, 0.2) is 15.9 Å². The van der Waals surface area contributed by atoms with Gasteiger partial charge in [-0.15, -0.1) is 11.3 Å². The maximum Gasteiger partial charge on any atom is 0.211 e. The molecule has 0 fully saturated rings. The third-order valence-electron chi connectivity index (χ3n) is 2.06.